The van der Waals surface area contributed by atoms with Gasteiger partial charge in [-0.3, -0.25) is 9.69 Å². The first kappa shape index (κ1) is 20.4. The van der Waals surface area contributed by atoms with Gasteiger partial charge in [0.05, 0.1) is 26.4 Å². The van der Waals surface area contributed by atoms with E-state index in [1.54, 1.807) is 14.0 Å². The molecule has 5 heteroatoms. The minimum Gasteiger partial charge on any atom is -0.400 e. The lowest BCUT2D eigenvalue weighted by Gasteiger charge is -2.22. The highest BCUT2D eigenvalue weighted by molar-refractivity contribution is 5.77. The van der Waals surface area contributed by atoms with E-state index in [1.807, 2.05) is 0 Å². The largest absolute Gasteiger partial charge is 0.400 e. The summed E-state index contributed by atoms with van der Waals surface area (Å²) in [6, 6.07) is 0.422. The number of nitrogens with zero attached hydrogens (tertiary/aromatic N) is 1. The molecule has 0 radical (unpaired) electrons. The van der Waals surface area contributed by atoms with Crippen molar-refractivity contribution in [2.75, 3.05) is 47.1 Å². The van der Waals surface area contributed by atoms with E-state index in [-0.39, 0.29) is 5.78 Å². The van der Waals surface area contributed by atoms with Crippen LogP contribution >= 0.6 is 0 Å². The number of hydrogen-bond donors (Lipinski definition) is 1. The molecule has 0 saturated carbocycles. The quantitative estimate of drug-likeness (QED) is 0.542. The molecule has 112 valence electrons. The topological polar surface area (TPSA) is 59.0 Å². The molecule has 1 fully saturated rings. The molecule has 19 heavy (non-hydrogen) atoms. The van der Waals surface area contributed by atoms with E-state index in [0.29, 0.717) is 25.8 Å². The van der Waals surface area contributed by atoms with Gasteiger partial charge in [-0.2, -0.15) is 0 Å². The third kappa shape index (κ3) is 10.7. The van der Waals surface area contributed by atoms with Gasteiger partial charge in [-0.1, -0.05) is 0 Å². The number of aliphatic hydroxyl groups excluding tert-OH is 1. The molecule has 1 saturated heterocycles. The SMILES string of the molecule is C#C.CO.COCCOCC1CCCN1CC(C)=O. The highest BCUT2D eigenvalue weighted by Crippen LogP contribution is 2.16. The Labute approximate surface area is 116 Å². The molecule has 1 rings (SSSR count). The summed E-state index contributed by atoms with van der Waals surface area (Å²) < 4.78 is 10.4. The Morgan fingerprint density at radius 1 is 1.37 bits per heavy atom. The number of terminal acetylenes is 1. The van der Waals surface area contributed by atoms with Crippen LogP contribution in [0, 0.1) is 12.8 Å². The average Bonchev–Trinajstić information content (AvgIpc) is 2.86. The fourth-order valence-electron chi connectivity index (χ4n) is 1.94. The van der Waals surface area contributed by atoms with E-state index in [4.69, 9.17) is 14.6 Å². The smallest absolute Gasteiger partial charge is 0.143 e. The Balaban J connectivity index is 0. The van der Waals surface area contributed by atoms with Crippen molar-refractivity contribution >= 4 is 5.78 Å². The van der Waals surface area contributed by atoms with Gasteiger partial charge >= 0.3 is 0 Å². The van der Waals surface area contributed by atoms with E-state index < -0.39 is 0 Å². The number of likely N-dealkylation sites (tertiary alicyclic amines) is 1. The van der Waals surface area contributed by atoms with Gasteiger partial charge in [0.1, 0.15) is 5.78 Å². The molecule has 0 spiro atoms. The molecule has 0 aromatic carbocycles. The van der Waals surface area contributed by atoms with Crippen LogP contribution in [-0.2, 0) is 14.3 Å². The lowest BCUT2D eigenvalue weighted by molar-refractivity contribution is -0.118. The molecule has 0 aromatic heterocycles. The molecule has 0 aromatic rings. The van der Waals surface area contributed by atoms with Crippen LogP contribution in [0.1, 0.15) is 19.8 Å². The zero-order valence-corrected chi connectivity index (χ0v) is 12.3. The van der Waals surface area contributed by atoms with Crippen molar-refractivity contribution in [3.05, 3.63) is 0 Å². The van der Waals surface area contributed by atoms with Gasteiger partial charge in [-0.25, -0.2) is 0 Å². The molecule has 1 aliphatic heterocycles. The Morgan fingerprint density at radius 2 is 2.00 bits per heavy atom. The van der Waals surface area contributed by atoms with E-state index in [0.717, 1.165) is 26.7 Å². The summed E-state index contributed by atoms with van der Waals surface area (Å²) in [6.45, 7) is 5.23. The van der Waals surface area contributed by atoms with Gasteiger partial charge in [-0.05, 0) is 26.3 Å². The first-order chi connectivity index (χ1) is 9.24. The second kappa shape index (κ2) is 15.1. The first-order valence-electron chi connectivity index (χ1n) is 6.32. The van der Waals surface area contributed by atoms with Gasteiger partial charge < -0.3 is 14.6 Å². The molecular formula is C14H27NO4. The van der Waals surface area contributed by atoms with Crippen LogP contribution in [0.2, 0.25) is 0 Å². The van der Waals surface area contributed by atoms with Crippen LogP contribution in [0.5, 0.6) is 0 Å². The maximum Gasteiger partial charge on any atom is 0.143 e. The number of ether oxygens (including phenoxy) is 2. The summed E-state index contributed by atoms with van der Waals surface area (Å²) in [7, 11) is 2.67. The van der Waals surface area contributed by atoms with E-state index in [9.17, 15) is 4.79 Å². The molecule has 1 heterocycles. The van der Waals surface area contributed by atoms with Crippen LogP contribution in [0.3, 0.4) is 0 Å². The summed E-state index contributed by atoms with van der Waals surface area (Å²) in [6.07, 6.45) is 10.3. The standard InChI is InChI=1S/C11H21NO3.C2H2.CH4O/c1-10(13)8-12-5-3-4-11(12)9-15-7-6-14-2;2*1-2/h11H,3-9H2,1-2H3;1-2H;2H,1H3. The maximum absolute atomic E-state index is 11.0. The maximum atomic E-state index is 11.0. The van der Waals surface area contributed by atoms with Crippen LogP contribution in [0.4, 0.5) is 0 Å². The van der Waals surface area contributed by atoms with Gasteiger partial charge in [-0.15, -0.1) is 12.8 Å². The fourth-order valence-corrected chi connectivity index (χ4v) is 1.94. The van der Waals surface area contributed by atoms with Gasteiger partial charge in [0.25, 0.3) is 0 Å². The van der Waals surface area contributed by atoms with Crippen molar-refractivity contribution < 1.29 is 19.4 Å². The van der Waals surface area contributed by atoms with Crippen LogP contribution in [-0.4, -0.2) is 69.0 Å². The van der Waals surface area contributed by atoms with Crippen molar-refractivity contribution in [2.24, 2.45) is 0 Å². The molecule has 0 amide bonds. The minimum absolute atomic E-state index is 0.235. The van der Waals surface area contributed by atoms with Crippen molar-refractivity contribution in [3.63, 3.8) is 0 Å². The van der Waals surface area contributed by atoms with E-state index in [2.05, 4.69) is 17.7 Å². The zero-order valence-electron chi connectivity index (χ0n) is 12.3. The summed E-state index contributed by atoms with van der Waals surface area (Å²) in [5, 5.41) is 7.00. The van der Waals surface area contributed by atoms with E-state index in [1.165, 1.54) is 6.42 Å². The summed E-state index contributed by atoms with van der Waals surface area (Å²) >= 11 is 0. The number of aliphatic hydroxyl groups is 1. The predicted octanol–water partition coefficient (Wildman–Crippen LogP) is 0.561. The lowest BCUT2D eigenvalue weighted by Crippen LogP contribution is -2.36. The molecular weight excluding hydrogens is 246 g/mol. The van der Waals surface area contributed by atoms with E-state index >= 15 is 0 Å². The summed E-state index contributed by atoms with van der Waals surface area (Å²) in [5.74, 6) is 0.235. The Morgan fingerprint density at radius 3 is 2.53 bits per heavy atom. The van der Waals surface area contributed by atoms with Gasteiger partial charge in [0.2, 0.25) is 0 Å². The molecule has 0 bridgehead atoms. The Hall–Kier alpha value is -0.930. The molecule has 1 atom stereocenters. The number of carbonyl (C=O) groups is 1. The number of hydrogen-bond acceptors (Lipinski definition) is 5. The Kier molecular flexibility index (Phi) is 16.2. The second-order valence-corrected chi connectivity index (χ2v) is 4.04. The third-order valence-electron chi connectivity index (χ3n) is 2.67. The molecule has 0 aliphatic carbocycles. The van der Waals surface area contributed by atoms with Crippen molar-refractivity contribution in [1.29, 1.82) is 0 Å². The normalized spacial score (nSPS) is 17.9. The van der Waals surface area contributed by atoms with Crippen LogP contribution in [0.15, 0.2) is 0 Å². The highest BCUT2D eigenvalue weighted by Gasteiger charge is 2.24. The third-order valence-corrected chi connectivity index (χ3v) is 2.67. The number of methoxy groups -OCH3 is 1. The van der Waals surface area contributed by atoms with Crippen molar-refractivity contribution in [3.8, 4) is 12.8 Å². The summed E-state index contributed by atoms with van der Waals surface area (Å²) in [5.41, 5.74) is 0. The number of rotatable bonds is 7. The fraction of sp³-hybridized carbons (Fsp3) is 0.786. The zero-order chi connectivity index (χ0) is 15.1. The molecule has 1 aliphatic rings. The Bertz CT molecular complexity index is 231. The highest BCUT2D eigenvalue weighted by atomic mass is 16.5. The van der Waals surface area contributed by atoms with Gasteiger partial charge in [0, 0.05) is 20.3 Å². The van der Waals surface area contributed by atoms with Crippen LogP contribution < -0.4 is 0 Å². The predicted molar refractivity (Wildman–Crippen MR) is 76.0 cm³/mol. The monoisotopic (exact) mass is 273 g/mol. The van der Waals surface area contributed by atoms with Gasteiger partial charge in [0.15, 0.2) is 0 Å². The second-order valence-electron chi connectivity index (χ2n) is 4.04. The van der Waals surface area contributed by atoms with Crippen molar-refractivity contribution in [2.45, 2.75) is 25.8 Å². The lowest BCUT2D eigenvalue weighted by atomic mass is 10.2. The van der Waals surface area contributed by atoms with Crippen LogP contribution in [0.25, 0.3) is 0 Å². The number of Topliss-reactive ketones (excluding diaryl/α,β-unsaturated/α-hetero) is 1. The van der Waals surface area contributed by atoms with Crippen molar-refractivity contribution in [1.82, 2.24) is 4.90 Å². The first-order valence-corrected chi connectivity index (χ1v) is 6.32. The number of ketones is 1. The summed E-state index contributed by atoms with van der Waals surface area (Å²) in [4.78, 5) is 13.2. The molecule has 5 nitrogen and oxygen atoms in total. The minimum atomic E-state index is 0.235. The molecule has 1 N–H and O–H groups in total. The average molecular weight is 273 g/mol. The molecule has 1 unspecified atom stereocenters. The number of carbonyl (C=O) groups excluding carboxylic acids is 1.